The first-order valence-corrected chi connectivity index (χ1v) is 8.59. The lowest BCUT2D eigenvalue weighted by Crippen LogP contribution is -2.29. The highest BCUT2D eigenvalue weighted by Gasteiger charge is 2.36. The van der Waals surface area contributed by atoms with Crippen LogP contribution in [-0.4, -0.2) is 13.1 Å². The second-order valence-corrected chi connectivity index (χ2v) is 6.73. The van der Waals surface area contributed by atoms with Crippen molar-refractivity contribution in [2.24, 2.45) is 0 Å². The lowest BCUT2D eigenvalue weighted by atomic mass is 9.82. The Balaban J connectivity index is 1.93. The van der Waals surface area contributed by atoms with E-state index in [0.717, 1.165) is 25.9 Å². The molecule has 0 radical (unpaired) electrons. The topological polar surface area (TPSA) is 3.24 Å². The van der Waals surface area contributed by atoms with E-state index in [9.17, 15) is 0 Å². The number of para-hydroxylation sites is 1. The van der Waals surface area contributed by atoms with E-state index in [1.165, 1.54) is 28.8 Å². The first-order chi connectivity index (χ1) is 10.7. The number of benzene rings is 2. The molecule has 0 aliphatic carbocycles. The highest BCUT2D eigenvalue weighted by molar-refractivity contribution is 5.61. The Kier molecular flexibility index (Phi) is 4.24. The average Bonchev–Trinajstić information content (AvgIpc) is 2.98. The van der Waals surface area contributed by atoms with Gasteiger partial charge in [0.15, 0.2) is 0 Å². The van der Waals surface area contributed by atoms with Crippen molar-refractivity contribution in [3.05, 3.63) is 65.2 Å². The van der Waals surface area contributed by atoms with Crippen LogP contribution in [0.5, 0.6) is 0 Å². The second-order valence-electron chi connectivity index (χ2n) is 6.73. The highest BCUT2D eigenvalue weighted by Crippen LogP contribution is 2.39. The SMILES string of the molecule is CCc1cccc(CC)c1N1CCC(C)(c2ccccc2)C1. The molecule has 2 aromatic carbocycles. The fraction of sp³-hybridized carbons (Fsp3) is 0.429. The van der Waals surface area contributed by atoms with Crippen LogP contribution in [0.15, 0.2) is 48.5 Å². The Hall–Kier alpha value is -1.76. The standard InChI is InChI=1S/C21H27N/c1-4-17-10-9-11-18(5-2)20(17)22-15-14-21(3,16-22)19-12-7-6-8-13-19/h6-13H,4-5,14-16H2,1-3H3. The minimum Gasteiger partial charge on any atom is -0.370 e. The van der Waals surface area contributed by atoms with Gasteiger partial charge in [-0.3, -0.25) is 0 Å². The van der Waals surface area contributed by atoms with Crippen molar-refractivity contribution in [2.45, 2.75) is 45.4 Å². The molecular formula is C21H27N. The summed E-state index contributed by atoms with van der Waals surface area (Å²) in [6.45, 7) is 9.24. The molecule has 0 saturated carbocycles. The van der Waals surface area contributed by atoms with Crippen molar-refractivity contribution in [1.82, 2.24) is 0 Å². The van der Waals surface area contributed by atoms with Crippen LogP contribution in [0.3, 0.4) is 0 Å². The smallest absolute Gasteiger partial charge is 0.0431 e. The molecule has 1 nitrogen and oxygen atoms in total. The molecule has 1 unspecified atom stereocenters. The summed E-state index contributed by atoms with van der Waals surface area (Å²) in [5.41, 5.74) is 6.25. The molecule has 1 heterocycles. The zero-order valence-electron chi connectivity index (χ0n) is 14.1. The normalized spacial score (nSPS) is 21.3. The molecule has 0 aromatic heterocycles. The summed E-state index contributed by atoms with van der Waals surface area (Å²) in [5, 5.41) is 0. The number of anilines is 1. The number of aryl methyl sites for hydroxylation is 2. The predicted octanol–water partition coefficient (Wildman–Crippen LogP) is 4.98. The van der Waals surface area contributed by atoms with Gasteiger partial charge in [0.1, 0.15) is 0 Å². The van der Waals surface area contributed by atoms with Crippen molar-refractivity contribution < 1.29 is 0 Å². The van der Waals surface area contributed by atoms with E-state index in [1.54, 1.807) is 0 Å². The van der Waals surface area contributed by atoms with Gasteiger partial charge < -0.3 is 4.90 Å². The van der Waals surface area contributed by atoms with Crippen molar-refractivity contribution in [1.29, 1.82) is 0 Å². The van der Waals surface area contributed by atoms with Crippen LogP contribution in [-0.2, 0) is 18.3 Å². The fourth-order valence-corrected chi connectivity index (χ4v) is 3.85. The van der Waals surface area contributed by atoms with Gasteiger partial charge in [-0.05, 0) is 36.0 Å². The Morgan fingerprint density at radius 3 is 2.14 bits per heavy atom. The van der Waals surface area contributed by atoms with Gasteiger partial charge in [0.25, 0.3) is 0 Å². The number of rotatable bonds is 4. The van der Waals surface area contributed by atoms with Gasteiger partial charge in [0.2, 0.25) is 0 Å². The summed E-state index contributed by atoms with van der Waals surface area (Å²) in [5.74, 6) is 0. The van der Waals surface area contributed by atoms with Crippen molar-refractivity contribution in [2.75, 3.05) is 18.0 Å². The zero-order valence-corrected chi connectivity index (χ0v) is 14.1. The monoisotopic (exact) mass is 293 g/mol. The molecule has 0 N–H and O–H groups in total. The molecule has 1 fully saturated rings. The third-order valence-electron chi connectivity index (χ3n) is 5.23. The second kappa shape index (κ2) is 6.16. The molecule has 1 aliphatic heterocycles. The lowest BCUT2D eigenvalue weighted by Gasteiger charge is -2.29. The Bertz CT molecular complexity index is 609. The third-order valence-corrected chi connectivity index (χ3v) is 5.23. The molecule has 1 saturated heterocycles. The summed E-state index contributed by atoms with van der Waals surface area (Å²) < 4.78 is 0. The molecule has 1 atom stereocenters. The number of nitrogens with zero attached hydrogens (tertiary/aromatic N) is 1. The molecule has 0 amide bonds. The first-order valence-electron chi connectivity index (χ1n) is 8.59. The molecular weight excluding hydrogens is 266 g/mol. The van der Waals surface area contributed by atoms with E-state index in [4.69, 9.17) is 0 Å². The summed E-state index contributed by atoms with van der Waals surface area (Å²) in [7, 11) is 0. The van der Waals surface area contributed by atoms with Gasteiger partial charge in [-0.15, -0.1) is 0 Å². The molecule has 0 spiro atoms. The molecule has 116 valence electrons. The van der Waals surface area contributed by atoms with Gasteiger partial charge in [-0.1, -0.05) is 69.3 Å². The predicted molar refractivity (Wildman–Crippen MR) is 95.8 cm³/mol. The molecule has 3 rings (SSSR count). The number of hydrogen-bond acceptors (Lipinski definition) is 1. The molecule has 2 aromatic rings. The van der Waals surface area contributed by atoms with Crippen molar-refractivity contribution in [3.63, 3.8) is 0 Å². The van der Waals surface area contributed by atoms with Crippen LogP contribution in [0.1, 0.15) is 43.9 Å². The maximum Gasteiger partial charge on any atom is 0.0431 e. The van der Waals surface area contributed by atoms with E-state index in [1.807, 2.05) is 0 Å². The zero-order chi connectivity index (χ0) is 15.6. The maximum absolute atomic E-state index is 2.63. The molecule has 0 bridgehead atoms. The van der Waals surface area contributed by atoms with Gasteiger partial charge in [0, 0.05) is 24.2 Å². The first kappa shape index (κ1) is 15.1. The molecule has 1 heteroatoms. The van der Waals surface area contributed by atoms with E-state index in [2.05, 4.69) is 74.2 Å². The summed E-state index contributed by atoms with van der Waals surface area (Å²) in [4.78, 5) is 2.63. The van der Waals surface area contributed by atoms with Gasteiger partial charge >= 0.3 is 0 Å². The summed E-state index contributed by atoms with van der Waals surface area (Å²) in [6, 6.07) is 17.8. The quantitative estimate of drug-likeness (QED) is 0.768. The van der Waals surface area contributed by atoms with Gasteiger partial charge in [-0.2, -0.15) is 0 Å². The van der Waals surface area contributed by atoms with Crippen LogP contribution >= 0.6 is 0 Å². The Morgan fingerprint density at radius 1 is 0.909 bits per heavy atom. The van der Waals surface area contributed by atoms with Crippen molar-refractivity contribution >= 4 is 5.69 Å². The van der Waals surface area contributed by atoms with Crippen molar-refractivity contribution in [3.8, 4) is 0 Å². The van der Waals surface area contributed by atoms with Crippen LogP contribution < -0.4 is 4.90 Å². The minimum absolute atomic E-state index is 0.271. The van der Waals surface area contributed by atoms with Crippen LogP contribution in [0, 0.1) is 0 Å². The fourth-order valence-electron chi connectivity index (χ4n) is 3.85. The largest absolute Gasteiger partial charge is 0.370 e. The molecule has 22 heavy (non-hydrogen) atoms. The highest BCUT2D eigenvalue weighted by atomic mass is 15.2. The van der Waals surface area contributed by atoms with Crippen LogP contribution in [0.4, 0.5) is 5.69 Å². The average molecular weight is 293 g/mol. The van der Waals surface area contributed by atoms with Crippen LogP contribution in [0.25, 0.3) is 0 Å². The van der Waals surface area contributed by atoms with Gasteiger partial charge in [-0.25, -0.2) is 0 Å². The van der Waals surface area contributed by atoms with E-state index >= 15 is 0 Å². The third kappa shape index (κ3) is 2.65. The Morgan fingerprint density at radius 2 is 1.55 bits per heavy atom. The maximum atomic E-state index is 2.63. The van der Waals surface area contributed by atoms with Gasteiger partial charge in [0.05, 0.1) is 0 Å². The Labute approximate surface area is 135 Å². The number of hydrogen-bond donors (Lipinski definition) is 0. The van der Waals surface area contributed by atoms with E-state index in [0.29, 0.717) is 0 Å². The summed E-state index contributed by atoms with van der Waals surface area (Å²) in [6.07, 6.45) is 3.46. The lowest BCUT2D eigenvalue weighted by molar-refractivity contribution is 0.531. The minimum atomic E-state index is 0.271. The van der Waals surface area contributed by atoms with E-state index in [-0.39, 0.29) is 5.41 Å². The van der Waals surface area contributed by atoms with E-state index < -0.39 is 0 Å². The summed E-state index contributed by atoms with van der Waals surface area (Å²) >= 11 is 0. The van der Waals surface area contributed by atoms with Crippen LogP contribution in [0.2, 0.25) is 0 Å². The molecule has 1 aliphatic rings.